The number of rotatable bonds is 5. The van der Waals surface area contributed by atoms with E-state index in [1.807, 2.05) is 30.3 Å². The number of carbonyl (C=O) groups is 1. The van der Waals surface area contributed by atoms with E-state index in [4.69, 9.17) is 32.0 Å². The molecule has 0 amide bonds. The third-order valence-electron chi connectivity index (χ3n) is 4.58. The van der Waals surface area contributed by atoms with Gasteiger partial charge in [0.1, 0.15) is 11.5 Å². The maximum atomic E-state index is 12.5. The summed E-state index contributed by atoms with van der Waals surface area (Å²) in [7, 11) is 0. The zero-order valence-corrected chi connectivity index (χ0v) is 18.2. The number of para-hydroxylation sites is 1. The van der Waals surface area contributed by atoms with Crippen LogP contribution in [0.15, 0.2) is 81.6 Å². The van der Waals surface area contributed by atoms with Gasteiger partial charge in [0.2, 0.25) is 5.78 Å². The van der Waals surface area contributed by atoms with E-state index in [9.17, 15) is 4.79 Å². The van der Waals surface area contributed by atoms with E-state index in [0.29, 0.717) is 32.9 Å². The van der Waals surface area contributed by atoms with Crippen molar-refractivity contribution in [3.63, 3.8) is 0 Å². The van der Waals surface area contributed by atoms with Gasteiger partial charge >= 0.3 is 0 Å². The largest absolute Gasteiger partial charge is 0.454 e. The van der Waals surface area contributed by atoms with Gasteiger partial charge in [0.15, 0.2) is 16.5 Å². The number of ketones is 1. The second-order valence-corrected chi connectivity index (χ2v) is 8.55. The maximum absolute atomic E-state index is 12.5. The zero-order chi connectivity index (χ0) is 21.4. The maximum Gasteiger partial charge on any atom is 0.221 e. The molecule has 4 nitrogen and oxygen atoms in total. The van der Waals surface area contributed by atoms with Crippen LogP contribution >= 0.6 is 34.5 Å². The molecule has 3 heterocycles. The molecule has 0 fully saturated rings. The third-order valence-corrected chi connectivity index (χ3v) is 6.17. The number of carbonyl (C=O) groups excluding carboxylic acids is 1. The molecule has 0 atom stereocenters. The standard InChI is InChI=1S/C24H13Cl2NO3S/c25-14-5-8-16(17(26)13-14)20-11-12-21(30-20)19(28)9-6-15-7-10-22(29-15)24-27-18-3-1-2-4-23(18)31-24/h1-13H/b9-6+. The van der Waals surface area contributed by atoms with Crippen molar-refractivity contribution in [3.05, 3.63) is 94.4 Å². The number of allylic oxidation sites excluding steroid dienone is 1. The Morgan fingerprint density at radius 1 is 0.935 bits per heavy atom. The van der Waals surface area contributed by atoms with Crippen LogP contribution in [0.4, 0.5) is 0 Å². The molecule has 0 spiro atoms. The average Bonchev–Trinajstić information content (AvgIpc) is 3.50. The normalized spacial score (nSPS) is 11.5. The predicted molar refractivity (Wildman–Crippen MR) is 125 cm³/mol. The van der Waals surface area contributed by atoms with Gasteiger partial charge in [-0.1, -0.05) is 35.3 Å². The summed E-state index contributed by atoms with van der Waals surface area (Å²) in [5.41, 5.74) is 1.60. The summed E-state index contributed by atoms with van der Waals surface area (Å²) in [5, 5.41) is 1.78. The molecule has 5 aromatic rings. The lowest BCUT2D eigenvalue weighted by atomic mass is 10.2. The molecule has 5 rings (SSSR count). The highest BCUT2D eigenvalue weighted by molar-refractivity contribution is 7.21. The summed E-state index contributed by atoms with van der Waals surface area (Å²) in [6.07, 6.45) is 3.02. The molecule has 0 saturated heterocycles. The Morgan fingerprint density at radius 2 is 1.77 bits per heavy atom. The van der Waals surface area contributed by atoms with Crippen LogP contribution in [0.3, 0.4) is 0 Å². The summed E-state index contributed by atoms with van der Waals surface area (Å²) in [5.74, 6) is 1.63. The van der Waals surface area contributed by atoms with Gasteiger partial charge in [0, 0.05) is 10.6 Å². The molecule has 0 aliphatic rings. The quantitative estimate of drug-likeness (QED) is 0.194. The minimum Gasteiger partial charge on any atom is -0.454 e. The number of hydrogen-bond acceptors (Lipinski definition) is 5. The summed E-state index contributed by atoms with van der Waals surface area (Å²) < 4.78 is 12.6. The van der Waals surface area contributed by atoms with Crippen molar-refractivity contribution in [2.75, 3.05) is 0 Å². The van der Waals surface area contributed by atoms with E-state index in [0.717, 1.165) is 15.2 Å². The summed E-state index contributed by atoms with van der Waals surface area (Å²) in [4.78, 5) is 17.1. The first kappa shape index (κ1) is 19.8. The van der Waals surface area contributed by atoms with E-state index in [1.54, 1.807) is 53.8 Å². The molecular formula is C24H13Cl2NO3S. The molecule has 0 bridgehead atoms. The Morgan fingerprint density at radius 3 is 2.61 bits per heavy atom. The number of furan rings is 2. The van der Waals surface area contributed by atoms with Crippen molar-refractivity contribution in [1.82, 2.24) is 4.98 Å². The Kier molecular flexibility index (Phi) is 5.24. The molecule has 0 unspecified atom stereocenters. The van der Waals surface area contributed by atoms with Crippen LogP contribution in [-0.4, -0.2) is 10.8 Å². The summed E-state index contributed by atoms with van der Waals surface area (Å²) >= 11 is 13.7. The van der Waals surface area contributed by atoms with E-state index >= 15 is 0 Å². The van der Waals surface area contributed by atoms with Crippen LogP contribution in [0.1, 0.15) is 16.3 Å². The van der Waals surface area contributed by atoms with Crippen LogP contribution < -0.4 is 0 Å². The Labute approximate surface area is 191 Å². The third kappa shape index (κ3) is 4.08. The molecule has 152 valence electrons. The van der Waals surface area contributed by atoms with Crippen molar-refractivity contribution in [3.8, 4) is 22.1 Å². The predicted octanol–water partition coefficient (Wildman–Crippen LogP) is 8.02. The summed E-state index contributed by atoms with van der Waals surface area (Å²) in [6, 6.07) is 20.0. The van der Waals surface area contributed by atoms with Crippen LogP contribution in [-0.2, 0) is 0 Å². The SMILES string of the molecule is O=C(/C=C/c1ccc(-c2nc3ccccc3s2)o1)c1ccc(-c2ccc(Cl)cc2Cl)o1. The zero-order valence-electron chi connectivity index (χ0n) is 15.8. The lowest BCUT2D eigenvalue weighted by Gasteiger charge is -2.00. The molecule has 0 radical (unpaired) electrons. The second kappa shape index (κ2) is 8.19. The van der Waals surface area contributed by atoms with Crippen molar-refractivity contribution < 1.29 is 13.6 Å². The van der Waals surface area contributed by atoms with Gasteiger partial charge in [-0.05, 0) is 66.7 Å². The smallest absolute Gasteiger partial charge is 0.221 e. The van der Waals surface area contributed by atoms with E-state index in [1.165, 1.54) is 6.08 Å². The molecule has 0 N–H and O–H groups in total. The number of aromatic nitrogens is 1. The minimum atomic E-state index is -0.283. The number of thiazole rings is 1. The van der Waals surface area contributed by atoms with Gasteiger partial charge in [0.25, 0.3) is 0 Å². The van der Waals surface area contributed by atoms with E-state index in [2.05, 4.69) is 4.98 Å². The van der Waals surface area contributed by atoms with Gasteiger partial charge in [-0.3, -0.25) is 4.79 Å². The van der Waals surface area contributed by atoms with Crippen LogP contribution in [0, 0.1) is 0 Å². The molecule has 0 aliphatic carbocycles. The highest BCUT2D eigenvalue weighted by atomic mass is 35.5. The van der Waals surface area contributed by atoms with Crippen molar-refractivity contribution in [2.24, 2.45) is 0 Å². The van der Waals surface area contributed by atoms with Gasteiger partial charge in [-0.25, -0.2) is 4.98 Å². The molecule has 2 aromatic carbocycles. The highest BCUT2D eigenvalue weighted by Gasteiger charge is 2.13. The second-order valence-electron chi connectivity index (χ2n) is 6.67. The first-order valence-corrected chi connectivity index (χ1v) is 10.9. The molecule has 3 aromatic heterocycles. The first-order chi connectivity index (χ1) is 15.1. The summed E-state index contributed by atoms with van der Waals surface area (Å²) in [6.45, 7) is 0. The Hall–Kier alpha value is -3.12. The van der Waals surface area contributed by atoms with Gasteiger partial charge < -0.3 is 8.83 Å². The van der Waals surface area contributed by atoms with Crippen molar-refractivity contribution in [1.29, 1.82) is 0 Å². The molecule has 7 heteroatoms. The fraction of sp³-hybridized carbons (Fsp3) is 0. The highest BCUT2D eigenvalue weighted by Crippen LogP contribution is 2.33. The van der Waals surface area contributed by atoms with E-state index < -0.39 is 0 Å². The number of hydrogen-bond donors (Lipinski definition) is 0. The van der Waals surface area contributed by atoms with Gasteiger partial charge in [0.05, 0.1) is 15.2 Å². The topological polar surface area (TPSA) is 56.2 Å². The fourth-order valence-corrected chi connectivity index (χ4v) is 4.51. The fourth-order valence-electron chi connectivity index (χ4n) is 3.08. The Bertz CT molecular complexity index is 1410. The van der Waals surface area contributed by atoms with Crippen LogP contribution in [0.25, 0.3) is 38.4 Å². The van der Waals surface area contributed by atoms with Gasteiger partial charge in [-0.15, -0.1) is 11.3 Å². The number of nitrogens with zero attached hydrogens (tertiary/aromatic N) is 1. The van der Waals surface area contributed by atoms with Crippen molar-refractivity contribution >= 4 is 56.6 Å². The first-order valence-electron chi connectivity index (χ1n) is 9.30. The molecule has 31 heavy (non-hydrogen) atoms. The molecule has 0 saturated carbocycles. The number of fused-ring (bicyclic) bond motifs is 1. The monoisotopic (exact) mass is 465 g/mol. The lowest BCUT2D eigenvalue weighted by molar-refractivity contribution is 0.102. The average molecular weight is 466 g/mol. The lowest BCUT2D eigenvalue weighted by Crippen LogP contribution is -1.90. The molecule has 0 aliphatic heterocycles. The van der Waals surface area contributed by atoms with E-state index in [-0.39, 0.29) is 11.5 Å². The Balaban J connectivity index is 1.33. The van der Waals surface area contributed by atoms with Crippen molar-refractivity contribution in [2.45, 2.75) is 0 Å². The molecular weight excluding hydrogens is 453 g/mol. The van der Waals surface area contributed by atoms with Gasteiger partial charge in [-0.2, -0.15) is 0 Å². The van der Waals surface area contributed by atoms with Crippen LogP contribution in [0.5, 0.6) is 0 Å². The number of benzene rings is 2. The van der Waals surface area contributed by atoms with Crippen LogP contribution in [0.2, 0.25) is 10.0 Å². The number of halogens is 2. The minimum absolute atomic E-state index is 0.204.